The molecule has 1 unspecified atom stereocenters. The van der Waals surface area contributed by atoms with Gasteiger partial charge in [-0.2, -0.15) is 0 Å². The van der Waals surface area contributed by atoms with Crippen LogP contribution in [0.15, 0.2) is 18.3 Å². The fraction of sp³-hybridized carbons (Fsp3) is 0.500. The first-order chi connectivity index (χ1) is 7.20. The number of aromatic nitrogens is 1. The Morgan fingerprint density at radius 3 is 2.87 bits per heavy atom. The molecule has 0 radical (unpaired) electrons. The summed E-state index contributed by atoms with van der Waals surface area (Å²) in [4.78, 5) is 5.56. The number of thiocarbonyl (C=S) groups is 1. The second-order valence-electron chi connectivity index (χ2n) is 3.28. The Hall–Kier alpha value is -0.910. The van der Waals surface area contributed by atoms with E-state index in [0.29, 0.717) is 11.5 Å². The minimum absolute atomic E-state index is 0.105. The lowest BCUT2D eigenvalue weighted by molar-refractivity contribution is 0.184. The van der Waals surface area contributed by atoms with Gasteiger partial charge in [0.1, 0.15) is 6.04 Å². The molecule has 0 saturated heterocycles. The third-order valence-electron chi connectivity index (χ3n) is 2.34. The summed E-state index contributed by atoms with van der Waals surface area (Å²) in [5, 5.41) is 8.96. The highest BCUT2D eigenvalue weighted by molar-refractivity contribution is 7.80. The van der Waals surface area contributed by atoms with Crippen LogP contribution >= 0.6 is 12.2 Å². The molecule has 0 aliphatic rings. The van der Waals surface area contributed by atoms with Crippen LogP contribution in [0.3, 0.4) is 0 Å². The molecular weight excluding hydrogens is 210 g/mol. The number of aromatic amines is 1. The van der Waals surface area contributed by atoms with Gasteiger partial charge in [-0.15, -0.1) is 0 Å². The standard InChI is InChI=1S/C10H17N3OS/c1-2-13(6-7-14)9(10(11)15)8-4-3-5-12-8/h3-5,9,12,14H,2,6-7H2,1H3,(H2,11,15). The number of likely N-dealkylation sites (N-methyl/N-ethyl adjacent to an activating group) is 1. The summed E-state index contributed by atoms with van der Waals surface area (Å²) in [5.74, 6) is 0. The van der Waals surface area contributed by atoms with Crippen molar-refractivity contribution in [3.8, 4) is 0 Å². The zero-order chi connectivity index (χ0) is 11.3. The van der Waals surface area contributed by atoms with Gasteiger partial charge in [-0.25, -0.2) is 0 Å². The highest BCUT2D eigenvalue weighted by Crippen LogP contribution is 2.18. The van der Waals surface area contributed by atoms with Crippen molar-refractivity contribution in [1.29, 1.82) is 0 Å². The molecule has 0 aliphatic heterocycles. The summed E-state index contributed by atoms with van der Waals surface area (Å²) in [6, 6.07) is 3.74. The van der Waals surface area contributed by atoms with Gasteiger partial charge in [0.25, 0.3) is 0 Å². The molecule has 5 heteroatoms. The van der Waals surface area contributed by atoms with Crippen molar-refractivity contribution >= 4 is 17.2 Å². The van der Waals surface area contributed by atoms with Crippen LogP contribution in [0.5, 0.6) is 0 Å². The first-order valence-electron chi connectivity index (χ1n) is 4.98. The van der Waals surface area contributed by atoms with E-state index in [1.807, 2.05) is 30.2 Å². The lowest BCUT2D eigenvalue weighted by Gasteiger charge is -2.28. The Bertz CT molecular complexity index is 300. The van der Waals surface area contributed by atoms with Crippen LogP contribution in [0.1, 0.15) is 18.7 Å². The normalized spacial score (nSPS) is 13.0. The molecule has 1 aromatic heterocycles. The molecule has 0 fully saturated rings. The van der Waals surface area contributed by atoms with E-state index in [-0.39, 0.29) is 12.6 Å². The van der Waals surface area contributed by atoms with Crippen molar-refractivity contribution in [2.75, 3.05) is 19.7 Å². The summed E-state index contributed by atoms with van der Waals surface area (Å²) in [7, 11) is 0. The highest BCUT2D eigenvalue weighted by Gasteiger charge is 2.21. The molecule has 0 saturated carbocycles. The second-order valence-corrected chi connectivity index (χ2v) is 3.75. The number of nitrogens with two attached hydrogens (primary N) is 1. The smallest absolute Gasteiger partial charge is 0.101 e. The Morgan fingerprint density at radius 1 is 1.73 bits per heavy atom. The van der Waals surface area contributed by atoms with Crippen LogP contribution in [0.25, 0.3) is 0 Å². The van der Waals surface area contributed by atoms with Crippen LogP contribution in [-0.4, -0.2) is 39.7 Å². The molecule has 0 aromatic carbocycles. The molecule has 1 rings (SSSR count). The zero-order valence-electron chi connectivity index (χ0n) is 8.81. The number of nitrogens with one attached hydrogen (secondary N) is 1. The zero-order valence-corrected chi connectivity index (χ0v) is 9.63. The number of aliphatic hydroxyl groups is 1. The van der Waals surface area contributed by atoms with E-state index in [0.717, 1.165) is 12.2 Å². The van der Waals surface area contributed by atoms with E-state index in [1.54, 1.807) is 0 Å². The largest absolute Gasteiger partial charge is 0.395 e. The van der Waals surface area contributed by atoms with Gasteiger partial charge in [0.15, 0.2) is 0 Å². The molecule has 1 atom stereocenters. The SMILES string of the molecule is CCN(CCO)C(C(N)=S)c1ccc[nH]1. The number of nitrogens with zero attached hydrogens (tertiary/aromatic N) is 1. The maximum atomic E-state index is 8.96. The molecule has 15 heavy (non-hydrogen) atoms. The Labute approximate surface area is 95.1 Å². The third kappa shape index (κ3) is 3.02. The van der Waals surface area contributed by atoms with Crippen molar-refractivity contribution in [2.24, 2.45) is 5.73 Å². The van der Waals surface area contributed by atoms with Crippen molar-refractivity contribution < 1.29 is 5.11 Å². The molecule has 1 aromatic rings. The first-order valence-corrected chi connectivity index (χ1v) is 5.39. The Kier molecular flexibility index (Phi) is 4.74. The van der Waals surface area contributed by atoms with Crippen LogP contribution in [-0.2, 0) is 0 Å². The van der Waals surface area contributed by atoms with Crippen molar-refractivity contribution in [1.82, 2.24) is 9.88 Å². The maximum absolute atomic E-state index is 8.96. The van der Waals surface area contributed by atoms with E-state index in [1.165, 1.54) is 0 Å². The van der Waals surface area contributed by atoms with Gasteiger partial charge in [0.05, 0.1) is 11.6 Å². The number of hydrogen-bond donors (Lipinski definition) is 3. The van der Waals surface area contributed by atoms with Gasteiger partial charge in [0, 0.05) is 18.4 Å². The number of H-pyrrole nitrogens is 1. The predicted octanol–water partition coefficient (Wildman–Crippen LogP) is 0.656. The highest BCUT2D eigenvalue weighted by atomic mass is 32.1. The number of rotatable bonds is 6. The summed E-state index contributed by atoms with van der Waals surface area (Å²) in [6.45, 7) is 3.48. The van der Waals surface area contributed by atoms with E-state index in [2.05, 4.69) is 4.98 Å². The van der Waals surface area contributed by atoms with E-state index in [9.17, 15) is 0 Å². The van der Waals surface area contributed by atoms with Crippen LogP contribution < -0.4 is 5.73 Å². The summed E-state index contributed by atoms with van der Waals surface area (Å²) >= 11 is 5.06. The molecule has 0 spiro atoms. The van der Waals surface area contributed by atoms with Gasteiger partial charge >= 0.3 is 0 Å². The van der Waals surface area contributed by atoms with Gasteiger partial charge in [-0.05, 0) is 18.7 Å². The van der Waals surface area contributed by atoms with Gasteiger partial charge in [-0.1, -0.05) is 19.1 Å². The molecule has 1 heterocycles. The molecule has 84 valence electrons. The number of aliphatic hydroxyl groups excluding tert-OH is 1. The van der Waals surface area contributed by atoms with Crippen LogP contribution in [0, 0.1) is 0 Å². The van der Waals surface area contributed by atoms with Crippen LogP contribution in [0.2, 0.25) is 0 Å². The molecule has 4 N–H and O–H groups in total. The van der Waals surface area contributed by atoms with Crippen LogP contribution in [0.4, 0.5) is 0 Å². The van der Waals surface area contributed by atoms with Crippen molar-refractivity contribution in [2.45, 2.75) is 13.0 Å². The molecular formula is C10H17N3OS. The monoisotopic (exact) mass is 227 g/mol. The number of hydrogen-bond acceptors (Lipinski definition) is 3. The lowest BCUT2D eigenvalue weighted by atomic mass is 10.1. The lowest BCUT2D eigenvalue weighted by Crippen LogP contribution is -2.38. The topological polar surface area (TPSA) is 65.3 Å². The fourth-order valence-electron chi connectivity index (χ4n) is 1.64. The fourth-order valence-corrected chi connectivity index (χ4v) is 1.92. The van der Waals surface area contributed by atoms with Gasteiger partial charge < -0.3 is 15.8 Å². The summed E-state index contributed by atoms with van der Waals surface area (Å²) in [5.41, 5.74) is 6.69. The molecule has 0 bridgehead atoms. The van der Waals surface area contributed by atoms with E-state index < -0.39 is 0 Å². The summed E-state index contributed by atoms with van der Waals surface area (Å²) < 4.78 is 0. The third-order valence-corrected chi connectivity index (χ3v) is 2.57. The Balaban J connectivity index is 2.86. The average Bonchev–Trinajstić information content (AvgIpc) is 2.69. The van der Waals surface area contributed by atoms with Gasteiger partial charge in [-0.3, -0.25) is 4.90 Å². The average molecular weight is 227 g/mol. The second kappa shape index (κ2) is 5.85. The quantitative estimate of drug-likeness (QED) is 0.625. The molecule has 0 amide bonds. The van der Waals surface area contributed by atoms with Crippen molar-refractivity contribution in [3.63, 3.8) is 0 Å². The van der Waals surface area contributed by atoms with Gasteiger partial charge in [0.2, 0.25) is 0 Å². The summed E-state index contributed by atoms with van der Waals surface area (Å²) in [6.07, 6.45) is 1.84. The predicted molar refractivity (Wildman–Crippen MR) is 64.7 cm³/mol. The van der Waals surface area contributed by atoms with E-state index >= 15 is 0 Å². The molecule has 4 nitrogen and oxygen atoms in total. The molecule has 0 aliphatic carbocycles. The van der Waals surface area contributed by atoms with E-state index in [4.69, 9.17) is 23.1 Å². The maximum Gasteiger partial charge on any atom is 0.101 e. The van der Waals surface area contributed by atoms with Crippen molar-refractivity contribution in [3.05, 3.63) is 24.0 Å². The minimum atomic E-state index is -0.118. The Morgan fingerprint density at radius 2 is 2.47 bits per heavy atom. The first kappa shape index (κ1) is 12.2. The minimum Gasteiger partial charge on any atom is -0.395 e.